The van der Waals surface area contributed by atoms with Gasteiger partial charge in [-0.3, -0.25) is 9.79 Å². The van der Waals surface area contributed by atoms with Crippen molar-refractivity contribution in [3.8, 4) is 0 Å². The highest BCUT2D eigenvalue weighted by Crippen LogP contribution is 2.20. The van der Waals surface area contributed by atoms with Gasteiger partial charge >= 0.3 is 0 Å². The first-order valence-electron chi connectivity index (χ1n) is 6.18. The lowest BCUT2D eigenvalue weighted by atomic mass is 10.2. The summed E-state index contributed by atoms with van der Waals surface area (Å²) >= 11 is 3.38. The number of hydrogen-bond donors (Lipinski definition) is 3. The summed E-state index contributed by atoms with van der Waals surface area (Å²) in [6.07, 6.45) is 1.72. The second-order valence-corrected chi connectivity index (χ2v) is 5.02. The van der Waals surface area contributed by atoms with Gasteiger partial charge in [-0.05, 0) is 24.6 Å². The smallest absolute Gasteiger partial charge is 0.243 e. The fraction of sp³-hybridized carbons (Fsp3) is 0.286. The molecule has 116 valence electrons. The topological polar surface area (TPSA) is 65.5 Å². The van der Waals surface area contributed by atoms with Gasteiger partial charge in [0.2, 0.25) is 5.91 Å². The van der Waals surface area contributed by atoms with Gasteiger partial charge < -0.3 is 16.0 Å². The zero-order valence-electron chi connectivity index (χ0n) is 12.1. The number of rotatable bonds is 5. The summed E-state index contributed by atoms with van der Waals surface area (Å²) in [7, 11) is 1.65. The molecular formula is C14H20BrIN4O. The Kier molecular flexibility index (Phi) is 10.1. The Morgan fingerprint density at radius 1 is 1.43 bits per heavy atom. The van der Waals surface area contributed by atoms with Gasteiger partial charge in [0.15, 0.2) is 5.96 Å². The molecule has 0 spiro atoms. The van der Waals surface area contributed by atoms with Crippen LogP contribution >= 0.6 is 39.9 Å². The van der Waals surface area contributed by atoms with Crippen molar-refractivity contribution in [3.05, 3.63) is 40.9 Å². The molecule has 0 atom stereocenters. The molecule has 1 aromatic carbocycles. The van der Waals surface area contributed by atoms with E-state index in [0.717, 1.165) is 15.7 Å². The zero-order valence-corrected chi connectivity index (χ0v) is 16.0. The monoisotopic (exact) mass is 466 g/mol. The fourth-order valence-electron chi connectivity index (χ4n) is 1.48. The predicted octanol–water partition coefficient (Wildman–Crippen LogP) is 2.67. The van der Waals surface area contributed by atoms with Crippen molar-refractivity contribution in [1.82, 2.24) is 10.6 Å². The van der Waals surface area contributed by atoms with E-state index in [9.17, 15) is 4.79 Å². The minimum Gasteiger partial charge on any atom is -0.353 e. The Morgan fingerprint density at radius 3 is 2.76 bits per heavy atom. The number of halogens is 2. The Balaban J connectivity index is 0.00000400. The maximum Gasteiger partial charge on any atom is 0.243 e. The molecule has 1 rings (SSSR count). The molecule has 0 aliphatic heterocycles. The number of aliphatic imine (C=N–C) groups is 1. The molecule has 0 saturated carbocycles. The van der Waals surface area contributed by atoms with E-state index < -0.39 is 0 Å². The van der Waals surface area contributed by atoms with Gasteiger partial charge in [0, 0.05) is 23.8 Å². The summed E-state index contributed by atoms with van der Waals surface area (Å²) in [5.74, 6) is 0.429. The summed E-state index contributed by atoms with van der Waals surface area (Å²) in [5.41, 5.74) is 1.80. The number of nitrogens with zero attached hydrogens (tertiary/aromatic N) is 1. The first kappa shape index (κ1) is 19.9. The van der Waals surface area contributed by atoms with Crippen LogP contribution in [0, 0.1) is 6.92 Å². The van der Waals surface area contributed by atoms with Crippen molar-refractivity contribution in [2.24, 2.45) is 4.99 Å². The van der Waals surface area contributed by atoms with Crippen LogP contribution in [0.1, 0.15) is 5.56 Å². The Bertz CT molecular complexity index is 520. The number of amides is 1. The number of aryl methyl sites for hydroxylation is 1. The molecule has 0 aliphatic carbocycles. The van der Waals surface area contributed by atoms with E-state index in [1.807, 2.05) is 25.1 Å². The van der Waals surface area contributed by atoms with E-state index in [4.69, 9.17) is 0 Å². The van der Waals surface area contributed by atoms with Crippen LogP contribution in [0.5, 0.6) is 0 Å². The number of carbonyl (C=O) groups excluding carboxylic acids is 1. The van der Waals surface area contributed by atoms with Crippen molar-refractivity contribution in [3.63, 3.8) is 0 Å². The number of benzene rings is 1. The summed E-state index contributed by atoms with van der Waals surface area (Å²) in [6, 6.07) is 5.75. The number of hydrogen-bond acceptors (Lipinski definition) is 2. The van der Waals surface area contributed by atoms with Crippen LogP contribution in [0.25, 0.3) is 0 Å². The normalized spacial score (nSPS) is 10.3. The van der Waals surface area contributed by atoms with Gasteiger partial charge in [0.25, 0.3) is 0 Å². The highest BCUT2D eigenvalue weighted by Gasteiger charge is 2.06. The van der Waals surface area contributed by atoms with Gasteiger partial charge in [0.05, 0.1) is 6.54 Å². The van der Waals surface area contributed by atoms with E-state index in [1.165, 1.54) is 0 Å². The van der Waals surface area contributed by atoms with Crippen molar-refractivity contribution in [2.45, 2.75) is 6.92 Å². The minimum atomic E-state index is -0.132. The minimum absolute atomic E-state index is 0. The van der Waals surface area contributed by atoms with Gasteiger partial charge in [-0.1, -0.05) is 28.1 Å². The van der Waals surface area contributed by atoms with Gasteiger partial charge in [-0.15, -0.1) is 30.6 Å². The molecule has 5 nitrogen and oxygen atoms in total. The second kappa shape index (κ2) is 10.6. The molecule has 0 aliphatic rings. The maximum atomic E-state index is 11.9. The number of anilines is 1. The zero-order chi connectivity index (χ0) is 15.0. The molecule has 0 saturated heterocycles. The third-order valence-electron chi connectivity index (χ3n) is 2.53. The molecule has 0 unspecified atom stereocenters. The molecule has 0 fully saturated rings. The first-order chi connectivity index (χ1) is 9.56. The van der Waals surface area contributed by atoms with E-state index in [2.05, 4.69) is 43.5 Å². The molecule has 1 amide bonds. The Morgan fingerprint density at radius 2 is 2.14 bits per heavy atom. The highest BCUT2D eigenvalue weighted by molar-refractivity contribution is 14.0. The molecule has 3 N–H and O–H groups in total. The maximum absolute atomic E-state index is 11.9. The van der Waals surface area contributed by atoms with Gasteiger partial charge in [0.1, 0.15) is 0 Å². The third kappa shape index (κ3) is 7.47. The SMILES string of the molecule is C=CCNC(=NC)NCC(=O)Nc1cc(Br)ccc1C.I. The number of guanidine groups is 1. The average Bonchev–Trinajstić information content (AvgIpc) is 2.43. The standard InChI is InChI=1S/C14H19BrN4O.HI/c1-4-7-17-14(16-3)18-9-13(20)19-12-8-11(15)6-5-10(12)2;/h4-6,8H,1,7,9H2,2-3H3,(H,19,20)(H2,16,17,18);1H. The molecule has 0 bridgehead atoms. The lowest BCUT2D eigenvalue weighted by Crippen LogP contribution is -2.41. The quantitative estimate of drug-likeness (QED) is 0.270. The third-order valence-corrected chi connectivity index (χ3v) is 3.02. The number of nitrogens with one attached hydrogen (secondary N) is 3. The van der Waals surface area contributed by atoms with Crippen LogP contribution < -0.4 is 16.0 Å². The van der Waals surface area contributed by atoms with Crippen LogP contribution in [0.15, 0.2) is 40.3 Å². The lowest BCUT2D eigenvalue weighted by molar-refractivity contribution is -0.115. The highest BCUT2D eigenvalue weighted by atomic mass is 127. The van der Waals surface area contributed by atoms with Crippen LogP contribution in [0.4, 0.5) is 5.69 Å². The predicted molar refractivity (Wildman–Crippen MR) is 102 cm³/mol. The molecule has 0 radical (unpaired) electrons. The average molecular weight is 467 g/mol. The summed E-state index contributed by atoms with van der Waals surface area (Å²) < 4.78 is 0.926. The van der Waals surface area contributed by atoms with E-state index in [1.54, 1.807) is 13.1 Å². The Labute approximate surface area is 150 Å². The molecular weight excluding hydrogens is 447 g/mol. The Hall–Kier alpha value is -1.09. The molecule has 0 aromatic heterocycles. The molecule has 21 heavy (non-hydrogen) atoms. The van der Waals surface area contributed by atoms with Crippen LogP contribution in [-0.4, -0.2) is 32.0 Å². The lowest BCUT2D eigenvalue weighted by Gasteiger charge is -2.12. The van der Waals surface area contributed by atoms with E-state index >= 15 is 0 Å². The van der Waals surface area contributed by atoms with Gasteiger partial charge in [-0.25, -0.2) is 0 Å². The summed E-state index contributed by atoms with van der Waals surface area (Å²) in [4.78, 5) is 15.9. The number of carbonyl (C=O) groups is 1. The van der Waals surface area contributed by atoms with Crippen LogP contribution in [0.2, 0.25) is 0 Å². The van der Waals surface area contributed by atoms with Crippen LogP contribution in [-0.2, 0) is 4.79 Å². The molecule has 0 heterocycles. The largest absolute Gasteiger partial charge is 0.353 e. The summed E-state index contributed by atoms with van der Waals surface area (Å²) in [5, 5.41) is 8.77. The van der Waals surface area contributed by atoms with Crippen molar-refractivity contribution < 1.29 is 4.79 Å². The van der Waals surface area contributed by atoms with E-state index in [0.29, 0.717) is 12.5 Å². The first-order valence-corrected chi connectivity index (χ1v) is 6.97. The van der Waals surface area contributed by atoms with Crippen molar-refractivity contribution in [2.75, 3.05) is 25.5 Å². The van der Waals surface area contributed by atoms with Crippen molar-refractivity contribution in [1.29, 1.82) is 0 Å². The van der Waals surface area contributed by atoms with Crippen LogP contribution in [0.3, 0.4) is 0 Å². The fourth-order valence-corrected chi connectivity index (χ4v) is 1.84. The molecule has 1 aromatic rings. The van der Waals surface area contributed by atoms with Gasteiger partial charge in [-0.2, -0.15) is 0 Å². The van der Waals surface area contributed by atoms with E-state index in [-0.39, 0.29) is 36.4 Å². The molecule has 7 heteroatoms. The second-order valence-electron chi connectivity index (χ2n) is 4.10. The van der Waals surface area contributed by atoms with Crippen molar-refractivity contribution >= 4 is 57.5 Å². The summed E-state index contributed by atoms with van der Waals surface area (Å²) in [6.45, 7) is 6.28.